The Morgan fingerprint density at radius 1 is 1.53 bits per heavy atom. The van der Waals surface area contributed by atoms with E-state index in [2.05, 4.69) is 25.6 Å². The van der Waals surface area contributed by atoms with Gasteiger partial charge in [0.2, 0.25) is 0 Å². The fraction of sp³-hybridized carbons (Fsp3) is 0.545. The highest BCUT2D eigenvalue weighted by molar-refractivity contribution is 9.10. The van der Waals surface area contributed by atoms with Gasteiger partial charge >= 0.3 is 10.2 Å². The second-order valence-corrected chi connectivity index (χ2v) is 6.94. The standard InChI is InChI=1S/C11H17BrN4O2S/c12-10-8-14-5-4-11(10)15-19(17,18)16-6-2-1-3-9(16)7-13/h4-5,8-9H,1-3,6-7,13H2,(H,14,15). The Balaban J connectivity index is 2.20. The van der Waals surface area contributed by atoms with Crippen LogP contribution < -0.4 is 10.5 Å². The molecule has 1 aliphatic heterocycles. The van der Waals surface area contributed by atoms with Gasteiger partial charge in [-0.25, -0.2) is 0 Å². The highest BCUT2D eigenvalue weighted by Crippen LogP contribution is 2.25. The molecule has 1 atom stereocenters. The summed E-state index contributed by atoms with van der Waals surface area (Å²) in [5, 5.41) is 0. The molecule has 2 heterocycles. The fourth-order valence-electron chi connectivity index (χ4n) is 2.18. The molecular weight excluding hydrogens is 332 g/mol. The van der Waals surface area contributed by atoms with Gasteiger partial charge in [-0.15, -0.1) is 0 Å². The van der Waals surface area contributed by atoms with Crippen molar-refractivity contribution in [3.8, 4) is 0 Å². The van der Waals surface area contributed by atoms with Crippen molar-refractivity contribution in [2.75, 3.05) is 17.8 Å². The number of nitrogens with two attached hydrogens (primary N) is 1. The van der Waals surface area contributed by atoms with Gasteiger partial charge in [0.25, 0.3) is 0 Å². The van der Waals surface area contributed by atoms with Crippen LogP contribution in [0.4, 0.5) is 5.69 Å². The van der Waals surface area contributed by atoms with Gasteiger partial charge in [-0.3, -0.25) is 9.71 Å². The van der Waals surface area contributed by atoms with Crippen molar-refractivity contribution in [1.82, 2.24) is 9.29 Å². The molecule has 6 nitrogen and oxygen atoms in total. The minimum Gasteiger partial charge on any atom is -0.329 e. The second-order valence-electron chi connectivity index (χ2n) is 4.46. The predicted octanol–water partition coefficient (Wildman–Crippen LogP) is 1.31. The molecule has 1 unspecified atom stereocenters. The topological polar surface area (TPSA) is 88.3 Å². The van der Waals surface area contributed by atoms with E-state index >= 15 is 0 Å². The molecule has 106 valence electrons. The van der Waals surface area contributed by atoms with Crippen molar-refractivity contribution in [2.24, 2.45) is 5.73 Å². The van der Waals surface area contributed by atoms with Crippen LogP contribution in [0, 0.1) is 0 Å². The van der Waals surface area contributed by atoms with Gasteiger partial charge in [0.15, 0.2) is 0 Å². The Kier molecular flexibility index (Phi) is 4.77. The van der Waals surface area contributed by atoms with Gasteiger partial charge in [0.05, 0.1) is 10.2 Å². The molecule has 0 amide bonds. The maximum atomic E-state index is 12.4. The normalized spacial score (nSPS) is 21.3. The number of hydrogen-bond donors (Lipinski definition) is 2. The van der Waals surface area contributed by atoms with E-state index in [9.17, 15) is 8.42 Å². The zero-order valence-electron chi connectivity index (χ0n) is 10.4. The van der Waals surface area contributed by atoms with Gasteiger partial charge in [-0.2, -0.15) is 12.7 Å². The van der Waals surface area contributed by atoms with Crippen LogP contribution in [0.5, 0.6) is 0 Å². The first-order chi connectivity index (χ1) is 9.04. The number of nitrogens with zero attached hydrogens (tertiary/aromatic N) is 2. The summed E-state index contributed by atoms with van der Waals surface area (Å²) in [5.74, 6) is 0. The minimum absolute atomic E-state index is 0.119. The molecule has 1 fully saturated rings. The summed E-state index contributed by atoms with van der Waals surface area (Å²) in [6, 6.07) is 1.50. The molecule has 0 aliphatic carbocycles. The maximum absolute atomic E-state index is 12.4. The Hall–Kier alpha value is -0.700. The molecule has 1 aromatic rings. The van der Waals surface area contributed by atoms with Crippen LogP contribution in [0.2, 0.25) is 0 Å². The summed E-state index contributed by atoms with van der Waals surface area (Å²) in [6.07, 6.45) is 5.80. The van der Waals surface area contributed by atoms with E-state index in [-0.39, 0.29) is 6.04 Å². The zero-order chi connectivity index (χ0) is 13.9. The molecule has 8 heteroatoms. The molecule has 0 saturated carbocycles. The van der Waals surface area contributed by atoms with Crippen LogP contribution in [0.15, 0.2) is 22.9 Å². The van der Waals surface area contributed by atoms with Crippen molar-refractivity contribution < 1.29 is 8.42 Å². The number of halogens is 1. The van der Waals surface area contributed by atoms with Crippen molar-refractivity contribution >= 4 is 31.8 Å². The monoisotopic (exact) mass is 348 g/mol. The Morgan fingerprint density at radius 3 is 3.00 bits per heavy atom. The molecule has 19 heavy (non-hydrogen) atoms. The first kappa shape index (κ1) is 14.7. The van der Waals surface area contributed by atoms with Crippen LogP contribution in [-0.4, -0.2) is 36.8 Å². The fourth-order valence-corrected chi connectivity index (χ4v) is 4.19. The lowest BCUT2D eigenvalue weighted by Crippen LogP contribution is -2.49. The number of anilines is 1. The molecule has 1 aliphatic rings. The first-order valence-electron chi connectivity index (χ1n) is 6.14. The van der Waals surface area contributed by atoms with Gasteiger partial charge < -0.3 is 5.73 Å². The van der Waals surface area contributed by atoms with Crippen LogP contribution >= 0.6 is 15.9 Å². The van der Waals surface area contributed by atoms with E-state index in [1.54, 1.807) is 18.5 Å². The summed E-state index contributed by atoms with van der Waals surface area (Å²) >= 11 is 3.27. The third-order valence-electron chi connectivity index (χ3n) is 3.17. The number of nitrogens with one attached hydrogen (secondary N) is 1. The Labute approximate surface area is 121 Å². The average Bonchev–Trinajstić information content (AvgIpc) is 2.41. The van der Waals surface area contributed by atoms with Crippen LogP contribution in [0.1, 0.15) is 19.3 Å². The van der Waals surface area contributed by atoms with Gasteiger partial charge in [0, 0.05) is 31.5 Å². The molecular formula is C11H17BrN4O2S. The molecule has 3 N–H and O–H groups in total. The molecule has 1 aromatic heterocycles. The van der Waals surface area contributed by atoms with E-state index < -0.39 is 10.2 Å². The average molecular weight is 349 g/mol. The molecule has 0 bridgehead atoms. The number of piperidine rings is 1. The van der Waals surface area contributed by atoms with Crippen molar-refractivity contribution in [3.05, 3.63) is 22.9 Å². The van der Waals surface area contributed by atoms with Crippen LogP contribution in [0.3, 0.4) is 0 Å². The number of aromatic nitrogens is 1. The molecule has 0 radical (unpaired) electrons. The van der Waals surface area contributed by atoms with Crippen LogP contribution in [0.25, 0.3) is 0 Å². The largest absolute Gasteiger partial charge is 0.329 e. The summed E-state index contributed by atoms with van der Waals surface area (Å²) in [7, 11) is -3.57. The molecule has 2 rings (SSSR count). The number of rotatable bonds is 4. The summed E-state index contributed by atoms with van der Waals surface area (Å²) in [5.41, 5.74) is 6.14. The highest BCUT2D eigenvalue weighted by atomic mass is 79.9. The maximum Gasteiger partial charge on any atom is 0.301 e. The third kappa shape index (κ3) is 3.44. The summed E-state index contributed by atoms with van der Waals surface area (Å²) in [4.78, 5) is 3.90. The minimum atomic E-state index is -3.57. The summed E-state index contributed by atoms with van der Waals surface area (Å²) < 4.78 is 29.4. The number of pyridine rings is 1. The van der Waals surface area contributed by atoms with Crippen molar-refractivity contribution in [2.45, 2.75) is 25.3 Å². The molecule has 0 aromatic carbocycles. The van der Waals surface area contributed by atoms with Crippen LogP contribution in [-0.2, 0) is 10.2 Å². The number of hydrogen-bond acceptors (Lipinski definition) is 4. The van der Waals surface area contributed by atoms with E-state index in [4.69, 9.17) is 5.73 Å². The lowest BCUT2D eigenvalue weighted by molar-refractivity contribution is 0.259. The van der Waals surface area contributed by atoms with Gasteiger partial charge in [-0.1, -0.05) is 6.42 Å². The van der Waals surface area contributed by atoms with E-state index in [0.29, 0.717) is 23.2 Å². The Bertz CT molecular complexity index is 537. The van der Waals surface area contributed by atoms with E-state index in [1.165, 1.54) is 4.31 Å². The lowest BCUT2D eigenvalue weighted by Gasteiger charge is -2.33. The van der Waals surface area contributed by atoms with E-state index in [1.807, 2.05) is 0 Å². The van der Waals surface area contributed by atoms with Gasteiger partial charge in [0.1, 0.15) is 0 Å². The predicted molar refractivity (Wildman–Crippen MR) is 77.9 cm³/mol. The zero-order valence-corrected chi connectivity index (χ0v) is 12.8. The van der Waals surface area contributed by atoms with E-state index in [0.717, 1.165) is 19.3 Å². The first-order valence-corrected chi connectivity index (χ1v) is 8.37. The quantitative estimate of drug-likeness (QED) is 0.858. The Morgan fingerprint density at radius 2 is 2.32 bits per heavy atom. The lowest BCUT2D eigenvalue weighted by atomic mass is 10.1. The summed E-state index contributed by atoms with van der Waals surface area (Å²) in [6.45, 7) is 0.859. The van der Waals surface area contributed by atoms with Crippen molar-refractivity contribution in [1.29, 1.82) is 0 Å². The highest BCUT2D eigenvalue weighted by Gasteiger charge is 2.31. The third-order valence-corrected chi connectivity index (χ3v) is 5.37. The van der Waals surface area contributed by atoms with Gasteiger partial charge in [-0.05, 0) is 34.8 Å². The molecule has 0 spiro atoms. The smallest absolute Gasteiger partial charge is 0.301 e. The second kappa shape index (κ2) is 6.17. The molecule has 1 saturated heterocycles. The SMILES string of the molecule is NCC1CCCCN1S(=O)(=O)Nc1ccncc1Br. The van der Waals surface area contributed by atoms with Crippen molar-refractivity contribution in [3.63, 3.8) is 0 Å².